The molecule has 0 spiro atoms. The minimum Gasteiger partial charge on any atom is -0.497 e. The van der Waals surface area contributed by atoms with Crippen molar-refractivity contribution in [2.45, 2.75) is 19.5 Å². The summed E-state index contributed by atoms with van der Waals surface area (Å²) >= 11 is 5.72. The number of benzene rings is 3. The van der Waals surface area contributed by atoms with Gasteiger partial charge in [-0.05, 0) is 42.9 Å². The first-order valence-corrected chi connectivity index (χ1v) is 11.5. The van der Waals surface area contributed by atoms with Gasteiger partial charge in [-0.2, -0.15) is 4.98 Å². The van der Waals surface area contributed by atoms with Gasteiger partial charge in [0.2, 0.25) is 5.82 Å². The number of thiocarbonyl (C=S) groups is 1. The minimum atomic E-state index is -0.339. The van der Waals surface area contributed by atoms with E-state index in [1.54, 1.807) is 19.2 Å². The number of nitrogens with zero attached hydrogens (tertiary/aromatic N) is 3. The molecule has 1 N–H and O–H groups in total. The Bertz CT molecular complexity index is 1390. The third kappa shape index (κ3) is 4.52. The van der Waals surface area contributed by atoms with E-state index in [4.69, 9.17) is 26.5 Å². The van der Waals surface area contributed by atoms with Gasteiger partial charge >= 0.3 is 0 Å². The molecule has 0 bridgehead atoms. The molecular weight excluding hydrogens is 463 g/mol. The molecule has 5 rings (SSSR count). The Kier molecular flexibility index (Phi) is 6.29. The summed E-state index contributed by atoms with van der Waals surface area (Å²) in [4.78, 5) is 6.56. The molecule has 0 saturated heterocycles. The molecule has 0 radical (unpaired) electrons. The third-order valence-corrected chi connectivity index (χ3v) is 6.36. The molecule has 1 aliphatic rings. The molecule has 3 aromatic carbocycles. The molecule has 0 aliphatic carbocycles. The first kappa shape index (κ1) is 22.7. The highest BCUT2D eigenvalue weighted by molar-refractivity contribution is 7.80. The van der Waals surface area contributed by atoms with Gasteiger partial charge in [0, 0.05) is 16.8 Å². The van der Waals surface area contributed by atoms with Gasteiger partial charge in [-0.1, -0.05) is 65.8 Å². The summed E-state index contributed by atoms with van der Waals surface area (Å²) in [6, 6.07) is 23.7. The predicted molar refractivity (Wildman–Crippen MR) is 136 cm³/mol. The lowest BCUT2D eigenvalue weighted by molar-refractivity contribution is 0.395. The van der Waals surface area contributed by atoms with Gasteiger partial charge in [0.1, 0.15) is 11.6 Å². The molecule has 1 atom stereocenters. The monoisotopic (exact) mass is 486 g/mol. The maximum atomic E-state index is 14.5. The van der Waals surface area contributed by atoms with Crippen LogP contribution in [-0.2, 0) is 6.54 Å². The lowest BCUT2D eigenvalue weighted by Gasteiger charge is -2.37. The first-order valence-electron chi connectivity index (χ1n) is 11.1. The average Bonchev–Trinajstić information content (AvgIpc) is 3.37. The van der Waals surface area contributed by atoms with Crippen molar-refractivity contribution in [3.8, 4) is 17.1 Å². The van der Waals surface area contributed by atoms with E-state index < -0.39 is 0 Å². The number of hydrogen-bond acceptors (Lipinski definition) is 5. The zero-order valence-corrected chi connectivity index (χ0v) is 20.1. The Morgan fingerprint density at radius 2 is 1.74 bits per heavy atom. The summed E-state index contributed by atoms with van der Waals surface area (Å²) in [5, 5.41) is 8.10. The summed E-state index contributed by atoms with van der Waals surface area (Å²) in [6.45, 7) is 2.20. The van der Waals surface area contributed by atoms with E-state index in [1.165, 1.54) is 6.07 Å². The standard InChI is InChI=1S/C27H23FN4O2S/c1-17-23(26-30-25(31-34-26)19-8-4-3-5-9-19)24(18-12-14-21(33-2)15-13-18)29-27(35)32(17)16-20-10-6-7-11-22(20)28/h3-15,24H,16H2,1-2H3,(H,29,35). The number of nitrogens with one attached hydrogen (secondary N) is 1. The van der Waals surface area contributed by atoms with Crippen LogP contribution in [-0.4, -0.2) is 27.3 Å². The second-order valence-corrected chi connectivity index (χ2v) is 8.51. The van der Waals surface area contributed by atoms with Crippen molar-refractivity contribution in [1.82, 2.24) is 20.4 Å². The number of hydrogen-bond donors (Lipinski definition) is 1. The van der Waals surface area contributed by atoms with Crippen LogP contribution in [0.5, 0.6) is 5.75 Å². The third-order valence-electron chi connectivity index (χ3n) is 6.02. The molecule has 4 aromatic rings. The molecule has 2 heterocycles. The van der Waals surface area contributed by atoms with Crippen LogP contribution >= 0.6 is 12.2 Å². The second kappa shape index (κ2) is 9.68. The fourth-order valence-electron chi connectivity index (χ4n) is 4.13. The maximum absolute atomic E-state index is 14.5. The van der Waals surface area contributed by atoms with Gasteiger partial charge in [0.05, 0.1) is 25.3 Å². The van der Waals surface area contributed by atoms with E-state index in [0.29, 0.717) is 22.4 Å². The molecule has 0 saturated carbocycles. The Labute approximate surface area is 208 Å². The highest BCUT2D eigenvalue weighted by Crippen LogP contribution is 2.38. The van der Waals surface area contributed by atoms with Crippen molar-refractivity contribution in [2.24, 2.45) is 0 Å². The van der Waals surface area contributed by atoms with E-state index >= 15 is 0 Å². The van der Waals surface area contributed by atoms with E-state index in [1.807, 2.05) is 72.5 Å². The summed E-state index contributed by atoms with van der Waals surface area (Å²) < 4.78 is 25.5. The highest BCUT2D eigenvalue weighted by Gasteiger charge is 2.34. The highest BCUT2D eigenvalue weighted by atomic mass is 32.1. The van der Waals surface area contributed by atoms with Crippen LogP contribution in [0.25, 0.3) is 17.0 Å². The quantitative estimate of drug-likeness (QED) is 0.348. The molecule has 1 unspecified atom stereocenters. The maximum Gasteiger partial charge on any atom is 0.258 e. The van der Waals surface area contributed by atoms with Crippen LogP contribution in [0.4, 0.5) is 4.39 Å². The first-order chi connectivity index (χ1) is 17.0. The number of aromatic nitrogens is 2. The van der Waals surface area contributed by atoms with Crippen molar-refractivity contribution < 1.29 is 13.7 Å². The van der Waals surface area contributed by atoms with Crippen LogP contribution in [0.2, 0.25) is 0 Å². The molecule has 1 aliphatic heterocycles. The Balaban J connectivity index is 1.60. The lowest BCUT2D eigenvalue weighted by atomic mass is 9.94. The Hall–Kier alpha value is -4.04. The second-order valence-electron chi connectivity index (χ2n) is 8.12. The molecule has 8 heteroatoms. The van der Waals surface area contributed by atoms with Crippen molar-refractivity contribution in [3.05, 3.63) is 107 Å². The number of rotatable bonds is 6. The Morgan fingerprint density at radius 3 is 2.46 bits per heavy atom. The van der Waals surface area contributed by atoms with Gasteiger partial charge in [-0.25, -0.2) is 4.39 Å². The lowest BCUT2D eigenvalue weighted by Crippen LogP contribution is -2.45. The normalized spacial score (nSPS) is 15.8. The molecule has 176 valence electrons. The fourth-order valence-corrected chi connectivity index (χ4v) is 4.45. The summed E-state index contributed by atoms with van der Waals surface area (Å²) in [7, 11) is 1.63. The van der Waals surface area contributed by atoms with Crippen molar-refractivity contribution >= 4 is 22.9 Å². The van der Waals surface area contributed by atoms with Gasteiger partial charge in [0.25, 0.3) is 5.89 Å². The fraction of sp³-hybridized carbons (Fsp3) is 0.148. The van der Waals surface area contributed by atoms with E-state index in [9.17, 15) is 4.39 Å². The zero-order valence-electron chi connectivity index (χ0n) is 19.2. The summed E-state index contributed by atoms with van der Waals surface area (Å²) in [5.41, 5.74) is 3.92. The van der Waals surface area contributed by atoms with Gasteiger partial charge in [-0.15, -0.1) is 0 Å². The van der Waals surface area contributed by atoms with Gasteiger partial charge in [0.15, 0.2) is 5.11 Å². The topological polar surface area (TPSA) is 63.4 Å². The summed E-state index contributed by atoms with van der Waals surface area (Å²) in [5.74, 6) is 1.32. The SMILES string of the molecule is COc1ccc(C2NC(=S)N(Cc3ccccc3F)C(C)=C2c2nc(-c3ccccc3)no2)cc1. The summed E-state index contributed by atoms with van der Waals surface area (Å²) in [6.07, 6.45) is 0. The van der Waals surface area contributed by atoms with Crippen molar-refractivity contribution in [2.75, 3.05) is 7.11 Å². The van der Waals surface area contributed by atoms with E-state index in [2.05, 4.69) is 10.5 Å². The number of allylic oxidation sites excluding steroid dienone is 1. The number of methoxy groups -OCH3 is 1. The Morgan fingerprint density at radius 1 is 1.03 bits per heavy atom. The van der Waals surface area contributed by atoms with Crippen LogP contribution in [0, 0.1) is 5.82 Å². The van der Waals surface area contributed by atoms with Crippen LogP contribution in [0.3, 0.4) is 0 Å². The van der Waals surface area contributed by atoms with Gasteiger partial charge in [-0.3, -0.25) is 0 Å². The number of halogens is 1. The van der Waals surface area contributed by atoms with Gasteiger partial charge < -0.3 is 19.5 Å². The van der Waals surface area contributed by atoms with Crippen LogP contribution in [0.15, 0.2) is 89.1 Å². The van der Waals surface area contributed by atoms with Crippen LogP contribution < -0.4 is 10.1 Å². The van der Waals surface area contributed by atoms with E-state index in [-0.39, 0.29) is 18.4 Å². The largest absolute Gasteiger partial charge is 0.497 e. The van der Waals surface area contributed by atoms with Crippen molar-refractivity contribution in [1.29, 1.82) is 0 Å². The number of ether oxygens (including phenoxy) is 1. The van der Waals surface area contributed by atoms with Crippen LogP contribution in [0.1, 0.15) is 30.0 Å². The smallest absolute Gasteiger partial charge is 0.258 e. The molecule has 0 amide bonds. The minimum absolute atomic E-state index is 0.267. The van der Waals surface area contributed by atoms with E-state index in [0.717, 1.165) is 28.1 Å². The molecule has 6 nitrogen and oxygen atoms in total. The zero-order chi connectivity index (χ0) is 24.4. The molecule has 1 aromatic heterocycles. The molecular formula is C27H23FN4O2S. The van der Waals surface area contributed by atoms with Crippen molar-refractivity contribution in [3.63, 3.8) is 0 Å². The average molecular weight is 487 g/mol. The predicted octanol–water partition coefficient (Wildman–Crippen LogP) is 5.75. The molecule has 35 heavy (non-hydrogen) atoms. The molecule has 0 fully saturated rings.